The van der Waals surface area contributed by atoms with Crippen LogP contribution in [0.2, 0.25) is 0 Å². The maximum absolute atomic E-state index is 2.31. The van der Waals surface area contributed by atoms with E-state index in [1.165, 1.54) is 22.3 Å². The first kappa shape index (κ1) is 11.9. The van der Waals surface area contributed by atoms with Crippen molar-refractivity contribution in [3.8, 4) is 0 Å². The second kappa shape index (κ2) is 5.18. The maximum Gasteiger partial charge on any atom is 0.00869 e. The van der Waals surface area contributed by atoms with Crippen molar-refractivity contribution in [2.24, 2.45) is 0 Å². The van der Waals surface area contributed by atoms with Crippen molar-refractivity contribution < 1.29 is 0 Å². The molecule has 0 N–H and O–H groups in total. The Labute approximate surface area is 104 Å². The molecule has 1 unspecified atom stereocenters. The zero-order valence-corrected chi connectivity index (χ0v) is 10.9. The predicted octanol–water partition coefficient (Wildman–Crippen LogP) is 4.85. The first-order chi connectivity index (χ1) is 8.20. The monoisotopic (exact) mass is 224 g/mol. The standard InChI is InChI=1S/C17H20/c1-4-17(15-8-6-5-7-9-15)16-11-13(2)10-14(3)12-16/h5-12,17H,4H2,1-3H3. The first-order valence-electron chi connectivity index (χ1n) is 6.34. The van der Waals surface area contributed by atoms with Crippen LogP contribution in [0, 0.1) is 13.8 Å². The Bertz CT molecular complexity index is 462. The van der Waals surface area contributed by atoms with Gasteiger partial charge in [0.2, 0.25) is 0 Å². The summed E-state index contributed by atoms with van der Waals surface area (Å²) in [5.74, 6) is 0.523. The second-order valence-corrected chi connectivity index (χ2v) is 4.79. The molecule has 0 amide bonds. The summed E-state index contributed by atoms with van der Waals surface area (Å²) in [6.07, 6.45) is 1.15. The van der Waals surface area contributed by atoms with Crippen LogP contribution in [0.5, 0.6) is 0 Å². The van der Waals surface area contributed by atoms with E-state index in [-0.39, 0.29) is 0 Å². The molecule has 0 nitrogen and oxygen atoms in total. The van der Waals surface area contributed by atoms with Gasteiger partial charge in [0, 0.05) is 5.92 Å². The van der Waals surface area contributed by atoms with E-state index >= 15 is 0 Å². The molecule has 0 radical (unpaired) electrons. The quantitative estimate of drug-likeness (QED) is 0.699. The third-order valence-corrected chi connectivity index (χ3v) is 3.26. The Morgan fingerprint density at radius 2 is 1.41 bits per heavy atom. The van der Waals surface area contributed by atoms with Crippen molar-refractivity contribution >= 4 is 0 Å². The van der Waals surface area contributed by atoms with Crippen molar-refractivity contribution in [1.82, 2.24) is 0 Å². The highest BCUT2D eigenvalue weighted by molar-refractivity contribution is 5.37. The van der Waals surface area contributed by atoms with Crippen molar-refractivity contribution in [1.29, 1.82) is 0 Å². The summed E-state index contributed by atoms with van der Waals surface area (Å²) in [4.78, 5) is 0. The van der Waals surface area contributed by atoms with E-state index in [1.54, 1.807) is 0 Å². The molecule has 0 bridgehead atoms. The molecule has 0 aromatic heterocycles. The molecule has 17 heavy (non-hydrogen) atoms. The van der Waals surface area contributed by atoms with Crippen molar-refractivity contribution in [3.63, 3.8) is 0 Å². The summed E-state index contributed by atoms with van der Waals surface area (Å²) < 4.78 is 0. The molecule has 0 saturated heterocycles. The van der Waals surface area contributed by atoms with Gasteiger partial charge in [-0.15, -0.1) is 0 Å². The lowest BCUT2D eigenvalue weighted by molar-refractivity contribution is 0.775. The summed E-state index contributed by atoms with van der Waals surface area (Å²) in [6, 6.07) is 17.7. The molecule has 0 aliphatic carbocycles. The fourth-order valence-electron chi connectivity index (χ4n) is 2.56. The van der Waals surface area contributed by atoms with Gasteiger partial charge in [-0.25, -0.2) is 0 Å². The van der Waals surface area contributed by atoms with Crippen molar-refractivity contribution in [2.45, 2.75) is 33.1 Å². The fraction of sp³-hybridized carbons (Fsp3) is 0.294. The predicted molar refractivity (Wildman–Crippen MR) is 74.5 cm³/mol. The zero-order valence-electron chi connectivity index (χ0n) is 10.9. The number of benzene rings is 2. The normalized spacial score (nSPS) is 12.4. The molecule has 0 spiro atoms. The SMILES string of the molecule is CCC(c1ccccc1)c1cc(C)cc(C)c1. The van der Waals surface area contributed by atoms with Gasteiger partial charge in [0.1, 0.15) is 0 Å². The van der Waals surface area contributed by atoms with Gasteiger partial charge in [0.05, 0.1) is 0 Å². The molecule has 2 rings (SSSR count). The van der Waals surface area contributed by atoms with Crippen LogP contribution in [0.25, 0.3) is 0 Å². The van der Waals surface area contributed by atoms with Crippen LogP contribution in [-0.2, 0) is 0 Å². The number of rotatable bonds is 3. The van der Waals surface area contributed by atoms with Crippen molar-refractivity contribution in [3.05, 3.63) is 70.8 Å². The van der Waals surface area contributed by atoms with E-state index in [2.05, 4.69) is 69.3 Å². The zero-order chi connectivity index (χ0) is 12.3. The Balaban J connectivity index is 2.42. The minimum Gasteiger partial charge on any atom is -0.0645 e. The van der Waals surface area contributed by atoms with E-state index in [0.29, 0.717) is 5.92 Å². The van der Waals surface area contributed by atoms with Crippen LogP contribution < -0.4 is 0 Å². The molecule has 1 atom stereocenters. The maximum atomic E-state index is 2.31. The number of hydrogen-bond acceptors (Lipinski definition) is 0. The van der Waals surface area contributed by atoms with Gasteiger partial charge in [-0.2, -0.15) is 0 Å². The lowest BCUT2D eigenvalue weighted by atomic mass is 9.87. The first-order valence-corrected chi connectivity index (χ1v) is 6.34. The van der Waals surface area contributed by atoms with Gasteiger partial charge >= 0.3 is 0 Å². The van der Waals surface area contributed by atoms with Crippen LogP contribution >= 0.6 is 0 Å². The van der Waals surface area contributed by atoms with Gasteiger partial charge in [-0.05, 0) is 31.4 Å². The molecule has 0 saturated carbocycles. The Morgan fingerprint density at radius 1 is 0.824 bits per heavy atom. The smallest absolute Gasteiger partial charge is 0.00869 e. The van der Waals surface area contributed by atoms with Gasteiger partial charge in [0.25, 0.3) is 0 Å². The number of aryl methyl sites for hydroxylation is 2. The topological polar surface area (TPSA) is 0 Å². The molecule has 2 aromatic carbocycles. The lowest BCUT2D eigenvalue weighted by Crippen LogP contribution is -2.00. The summed E-state index contributed by atoms with van der Waals surface area (Å²) >= 11 is 0. The van der Waals surface area contributed by atoms with Crippen LogP contribution in [0.15, 0.2) is 48.5 Å². The third-order valence-electron chi connectivity index (χ3n) is 3.26. The highest BCUT2D eigenvalue weighted by Crippen LogP contribution is 2.28. The largest absolute Gasteiger partial charge is 0.0645 e. The molecule has 0 fully saturated rings. The Hall–Kier alpha value is -1.56. The third kappa shape index (κ3) is 2.76. The average molecular weight is 224 g/mol. The Kier molecular flexibility index (Phi) is 3.63. The molecule has 0 aliphatic heterocycles. The van der Waals surface area contributed by atoms with Crippen molar-refractivity contribution in [2.75, 3.05) is 0 Å². The van der Waals surface area contributed by atoms with Crippen LogP contribution in [-0.4, -0.2) is 0 Å². The highest BCUT2D eigenvalue weighted by Gasteiger charge is 2.12. The summed E-state index contributed by atoms with van der Waals surface area (Å²) in [6.45, 7) is 6.61. The van der Waals surface area contributed by atoms with Crippen LogP contribution in [0.3, 0.4) is 0 Å². The minimum atomic E-state index is 0.523. The van der Waals surface area contributed by atoms with Crippen LogP contribution in [0.1, 0.15) is 41.5 Å². The van der Waals surface area contributed by atoms with Gasteiger partial charge in [0.15, 0.2) is 0 Å². The summed E-state index contributed by atoms with van der Waals surface area (Å²) in [5, 5.41) is 0. The van der Waals surface area contributed by atoms with E-state index in [1.807, 2.05) is 0 Å². The molecule has 0 aliphatic rings. The van der Waals surface area contributed by atoms with Gasteiger partial charge in [-0.3, -0.25) is 0 Å². The molecular weight excluding hydrogens is 204 g/mol. The molecule has 88 valence electrons. The molecular formula is C17H20. The van der Waals surface area contributed by atoms with E-state index in [4.69, 9.17) is 0 Å². The minimum absolute atomic E-state index is 0.523. The fourth-order valence-corrected chi connectivity index (χ4v) is 2.56. The van der Waals surface area contributed by atoms with Crippen LogP contribution in [0.4, 0.5) is 0 Å². The van der Waals surface area contributed by atoms with E-state index in [0.717, 1.165) is 6.42 Å². The second-order valence-electron chi connectivity index (χ2n) is 4.79. The van der Waals surface area contributed by atoms with E-state index < -0.39 is 0 Å². The van der Waals surface area contributed by atoms with E-state index in [9.17, 15) is 0 Å². The number of hydrogen-bond donors (Lipinski definition) is 0. The highest BCUT2D eigenvalue weighted by atomic mass is 14.2. The summed E-state index contributed by atoms with van der Waals surface area (Å²) in [7, 11) is 0. The summed E-state index contributed by atoms with van der Waals surface area (Å²) in [5.41, 5.74) is 5.57. The van der Waals surface area contributed by atoms with Gasteiger partial charge in [-0.1, -0.05) is 66.6 Å². The lowest BCUT2D eigenvalue weighted by Gasteiger charge is -2.17. The average Bonchev–Trinajstić information content (AvgIpc) is 2.30. The Morgan fingerprint density at radius 3 is 1.94 bits per heavy atom. The molecule has 0 heteroatoms. The van der Waals surface area contributed by atoms with Gasteiger partial charge < -0.3 is 0 Å². The molecule has 0 heterocycles. The molecule has 2 aromatic rings.